The summed E-state index contributed by atoms with van der Waals surface area (Å²) >= 11 is 0. The van der Waals surface area contributed by atoms with Gasteiger partial charge in [-0.05, 0) is 90.1 Å². The largest absolute Gasteiger partial charge is 0.462 e. The fourth-order valence-electron chi connectivity index (χ4n) is 7.78. The maximum atomic E-state index is 12.8. The van der Waals surface area contributed by atoms with E-state index in [1.54, 1.807) is 0 Å². The van der Waals surface area contributed by atoms with Gasteiger partial charge in [-0.2, -0.15) is 0 Å². The summed E-state index contributed by atoms with van der Waals surface area (Å²) in [6.07, 6.45) is 40.9. The average molecular weight is 780 g/mol. The molecular weight excluding hydrogens is 683 g/mol. The van der Waals surface area contributed by atoms with Crippen LogP contribution in [-0.2, 0) is 19.1 Å². The molecule has 2 unspecified atom stereocenters. The second kappa shape index (κ2) is 42.5. The summed E-state index contributed by atoms with van der Waals surface area (Å²) in [6, 6.07) is 0. The van der Waals surface area contributed by atoms with Gasteiger partial charge in [0, 0.05) is 19.4 Å². The van der Waals surface area contributed by atoms with E-state index < -0.39 is 0 Å². The Hall–Kier alpha value is -1.14. The average Bonchev–Trinajstić information content (AvgIpc) is 3.17. The number of carbonyl (C=O) groups excluding carboxylic acids is 2. The number of aliphatic hydroxyl groups is 1. The van der Waals surface area contributed by atoms with Crippen LogP contribution < -0.4 is 0 Å². The zero-order valence-electron chi connectivity index (χ0n) is 37.8. The standard InChI is InChI=1S/C49H97NO5/c1-6-11-14-17-22-29-37-46(36-9-4)54-48(52)40-32-25-20-27-34-42-50(44-45(51)10-5)43-35-28-21-26-33-41-49(53)55-47(38-30-23-18-15-12-7-2)39-31-24-19-16-13-8-3/h45-47,51H,6-44H2,1-5H3. The quantitative estimate of drug-likeness (QED) is 0.0490. The molecule has 0 saturated carbocycles. The van der Waals surface area contributed by atoms with E-state index in [0.29, 0.717) is 12.8 Å². The van der Waals surface area contributed by atoms with Crippen LogP contribution in [0, 0.1) is 0 Å². The lowest BCUT2D eigenvalue weighted by Crippen LogP contribution is -2.33. The molecular formula is C49H97NO5. The number of carbonyl (C=O) groups is 2. The third-order valence-corrected chi connectivity index (χ3v) is 11.5. The first-order valence-electron chi connectivity index (χ1n) is 24.7. The summed E-state index contributed by atoms with van der Waals surface area (Å²) in [5.41, 5.74) is 0. The number of hydrogen-bond donors (Lipinski definition) is 1. The van der Waals surface area contributed by atoms with E-state index in [1.165, 1.54) is 128 Å². The second-order valence-electron chi connectivity index (χ2n) is 17.1. The molecule has 0 aliphatic heterocycles. The molecule has 0 amide bonds. The van der Waals surface area contributed by atoms with Crippen LogP contribution >= 0.6 is 0 Å². The number of hydrogen-bond acceptors (Lipinski definition) is 6. The van der Waals surface area contributed by atoms with Gasteiger partial charge in [-0.3, -0.25) is 9.59 Å². The number of unbranched alkanes of at least 4 members (excludes halogenated alkanes) is 23. The summed E-state index contributed by atoms with van der Waals surface area (Å²) in [7, 11) is 0. The Morgan fingerprint density at radius 2 is 0.745 bits per heavy atom. The zero-order chi connectivity index (χ0) is 40.5. The molecule has 0 aromatic heterocycles. The highest BCUT2D eigenvalue weighted by atomic mass is 16.5. The van der Waals surface area contributed by atoms with Crippen LogP contribution in [0.2, 0.25) is 0 Å². The van der Waals surface area contributed by atoms with E-state index >= 15 is 0 Å². The van der Waals surface area contributed by atoms with Crippen molar-refractivity contribution in [2.24, 2.45) is 0 Å². The van der Waals surface area contributed by atoms with Gasteiger partial charge in [0.2, 0.25) is 0 Å². The zero-order valence-corrected chi connectivity index (χ0v) is 37.8. The molecule has 0 bridgehead atoms. The molecule has 0 fully saturated rings. The van der Waals surface area contributed by atoms with Crippen LogP contribution in [-0.4, -0.2) is 59.9 Å². The molecule has 328 valence electrons. The third-order valence-electron chi connectivity index (χ3n) is 11.5. The van der Waals surface area contributed by atoms with Crippen molar-refractivity contribution in [2.45, 2.75) is 284 Å². The van der Waals surface area contributed by atoms with Crippen molar-refractivity contribution < 1.29 is 24.2 Å². The number of esters is 2. The molecule has 0 aromatic rings. The van der Waals surface area contributed by atoms with Gasteiger partial charge in [0.1, 0.15) is 12.2 Å². The molecule has 0 saturated heterocycles. The number of aliphatic hydroxyl groups excluding tert-OH is 1. The van der Waals surface area contributed by atoms with Gasteiger partial charge in [-0.15, -0.1) is 0 Å². The fraction of sp³-hybridized carbons (Fsp3) is 0.959. The maximum Gasteiger partial charge on any atom is 0.306 e. The van der Waals surface area contributed by atoms with Gasteiger partial charge < -0.3 is 19.5 Å². The van der Waals surface area contributed by atoms with Crippen molar-refractivity contribution in [2.75, 3.05) is 19.6 Å². The molecule has 0 radical (unpaired) electrons. The van der Waals surface area contributed by atoms with Crippen LogP contribution in [0.3, 0.4) is 0 Å². The number of nitrogens with zero attached hydrogens (tertiary/aromatic N) is 1. The first-order valence-corrected chi connectivity index (χ1v) is 24.7. The number of rotatable bonds is 44. The Morgan fingerprint density at radius 1 is 0.418 bits per heavy atom. The smallest absolute Gasteiger partial charge is 0.306 e. The van der Waals surface area contributed by atoms with Gasteiger partial charge in [0.15, 0.2) is 0 Å². The first kappa shape index (κ1) is 53.9. The van der Waals surface area contributed by atoms with Gasteiger partial charge >= 0.3 is 11.9 Å². The Kier molecular flexibility index (Phi) is 41.6. The highest BCUT2D eigenvalue weighted by molar-refractivity contribution is 5.69. The second-order valence-corrected chi connectivity index (χ2v) is 17.1. The summed E-state index contributed by atoms with van der Waals surface area (Å²) in [5.74, 6) is 0.0105. The van der Waals surface area contributed by atoms with Crippen LogP contribution in [0.25, 0.3) is 0 Å². The van der Waals surface area contributed by atoms with Gasteiger partial charge in [0.25, 0.3) is 0 Å². The van der Waals surface area contributed by atoms with Gasteiger partial charge in [0.05, 0.1) is 6.10 Å². The summed E-state index contributed by atoms with van der Waals surface area (Å²) < 4.78 is 11.9. The minimum atomic E-state index is -0.263. The van der Waals surface area contributed by atoms with E-state index in [4.69, 9.17) is 9.47 Å². The molecule has 0 spiro atoms. The van der Waals surface area contributed by atoms with Crippen LogP contribution in [0.5, 0.6) is 0 Å². The molecule has 6 heteroatoms. The van der Waals surface area contributed by atoms with Crippen molar-refractivity contribution >= 4 is 11.9 Å². The Bertz CT molecular complexity index is 790. The first-order chi connectivity index (χ1) is 26.9. The number of ether oxygens (including phenoxy) is 2. The van der Waals surface area contributed by atoms with E-state index in [0.717, 1.165) is 110 Å². The lowest BCUT2D eigenvalue weighted by molar-refractivity contribution is -0.151. The van der Waals surface area contributed by atoms with Crippen molar-refractivity contribution in [3.05, 3.63) is 0 Å². The topological polar surface area (TPSA) is 76.1 Å². The third kappa shape index (κ3) is 38.2. The van der Waals surface area contributed by atoms with Crippen LogP contribution in [0.4, 0.5) is 0 Å². The van der Waals surface area contributed by atoms with Crippen molar-refractivity contribution in [1.82, 2.24) is 4.90 Å². The molecule has 1 N–H and O–H groups in total. The maximum absolute atomic E-state index is 12.8. The van der Waals surface area contributed by atoms with E-state index in [-0.39, 0.29) is 30.3 Å². The monoisotopic (exact) mass is 780 g/mol. The summed E-state index contributed by atoms with van der Waals surface area (Å²) in [4.78, 5) is 27.7. The molecule has 0 heterocycles. The summed E-state index contributed by atoms with van der Waals surface area (Å²) in [5, 5.41) is 10.4. The molecule has 0 aromatic carbocycles. The van der Waals surface area contributed by atoms with Crippen LogP contribution in [0.1, 0.15) is 266 Å². The molecule has 0 aliphatic carbocycles. The van der Waals surface area contributed by atoms with E-state index in [9.17, 15) is 14.7 Å². The molecule has 0 rings (SSSR count). The Labute approximate surface area is 343 Å². The van der Waals surface area contributed by atoms with Crippen molar-refractivity contribution in [1.29, 1.82) is 0 Å². The predicted molar refractivity (Wildman–Crippen MR) is 237 cm³/mol. The molecule has 2 atom stereocenters. The highest BCUT2D eigenvalue weighted by Gasteiger charge is 2.16. The molecule has 55 heavy (non-hydrogen) atoms. The fourth-order valence-corrected chi connectivity index (χ4v) is 7.78. The Balaban J connectivity index is 4.26. The van der Waals surface area contributed by atoms with E-state index in [1.807, 2.05) is 0 Å². The molecule has 0 aliphatic rings. The minimum absolute atomic E-state index is 0.00432. The minimum Gasteiger partial charge on any atom is -0.462 e. The predicted octanol–water partition coefficient (Wildman–Crippen LogP) is 14.6. The lowest BCUT2D eigenvalue weighted by Gasteiger charge is -2.24. The highest BCUT2D eigenvalue weighted by Crippen LogP contribution is 2.19. The van der Waals surface area contributed by atoms with Crippen molar-refractivity contribution in [3.8, 4) is 0 Å². The SMILES string of the molecule is CCCCCCCCC(CCC)OC(=O)CCCCCCCN(CCCCCCCC(=O)OC(CCCCCCCC)CCCCCCCC)CC(O)CC. The van der Waals surface area contributed by atoms with Crippen LogP contribution in [0.15, 0.2) is 0 Å². The van der Waals surface area contributed by atoms with E-state index in [2.05, 4.69) is 39.5 Å². The summed E-state index contributed by atoms with van der Waals surface area (Å²) in [6.45, 7) is 13.8. The van der Waals surface area contributed by atoms with Gasteiger partial charge in [-0.25, -0.2) is 0 Å². The normalized spacial score (nSPS) is 12.8. The van der Waals surface area contributed by atoms with Crippen molar-refractivity contribution in [3.63, 3.8) is 0 Å². The van der Waals surface area contributed by atoms with Gasteiger partial charge in [-0.1, -0.05) is 176 Å². The Morgan fingerprint density at radius 3 is 1.11 bits per heavy atom. The molecule has 6 nitrogen and oxygen atoms in total. The lowest BCUT2D eigenvalue weighted by atomic mass is 10.0.